The zero-order valence-corrected chi connectivity index (χ0v) is 11.0. The first-order valence-electron chi connectivity index (χ1n) is 6.16. The molecule has 1 aromatic heterocycles. The Kier molecular flexibility index (Phi) is 3.17. The van der Waals surface area contributed by atoms with Crippen molar-refractivity contribution in [3.8, 4) is 17.1 Å². The van der Waals surface area contributed by atoms with Crippen molar-refractivity contribution in [3.05, 3.63) is 64.3 Å². The monoisotopic (exact) mass is 288 g/mol. The highest BCUT2D eigenvalue weighted by Gasteiger charge is 2.12. The van der Waals surface area contributed by atoms with Gasteiger partial charge in [0.2, 0.25) is 0 Å². The molecule has 0 spiro atoms. The Labute approximate surface area is 118 Å². The molecule has 106 valence electrons. The van der Waals surface area contributed by atoms with Gasteiger partial charge in [0.25, 0.3) is 0 Å². The van der Waals surface area contributed by atoms with E-state index in [-0.39, 0.29) is 16.8 Å². The third-order valence-electron chi connectivity index (χ3n) is 3.08. The molecule has 0 aliphatic heterocycles. The molecule has 21 heavy (non-hydrogen) atoms. The molecule has 2 aromatic carbocycles. The van der Waals surface area contributed by atoms with Crippen molar-refractivity contribution in [1.82, 2.24) is 0 Å². The molecule has 0 amide bonds. The molecule has 0 unspecified atom stereocenters. The first kappa shape index (κ1) is 13.3. The molecule has 5 heteroatoms. The summed E-state index contributed by atoms with van der Waals surface area (Å²) in [6.45, 7) is 0. The molecule has 3 aromatic rings. The van der Waals surface area contributed by atoms with Gasteiger partial charge in [0, 0.05) is 17.7 Å². The molecule has 3 rings (SSSR count). The SMILES string of the molecule is COc1cccc2oc(-c3cc(F)cc(F)c3)cc(=O)c12. The van der Waals surface area contributed by atoms with Crippen LogP contribution in [-0.2, 0) is 0 Å². The van der Waals surface area contributed by atoms with Crippen LogP contribution < -0.4 is 10.2 Å². The number of hydrogen-bond donors (Lipinski definition) is 0. The van der Waals surface area contributed by atoms with E-state index in [0.29, 0.717) is 16.7 Å². The summed E-state index contributed by atoms with van der Waals surface area (Å²) in [4.78, 5) is 12.2. The van der Waals surface area contributed by atoms with Crippen molar-refractivity contribution >= 4 is 11.0 Å². The van der Waals surface area contributed by atoms with Gasteiger partial charge in [-0.05, 0) is 24.3 Å². The van der Waals surface area contributed by atoms with Crippen LogP contribution in [0.1, 0.15) is 0 Å². The summed E-state index contributed by atoms with van der Waals surface area (Å²) in [6.07, 6.45) is 0. The van der Waals surface area contributed by atoms with E-state index in [1.165, 1.54) is 13.2 Å². The molecule has 0 aliphatic rings. The molecule has 0 aliphatic carbocycles. The minimum atomic E-state index is -0.738. The van der Waals surface area contributed by atoms with Gasteiger partial charge < -0.3 is 9.15 Å². The molecule has 0 saturated heterocycles. The van der Waals surface area contributed by atoms with Gasteiger partial charge in [0.15, 0.2) is 5.43 Å². The number of ether oxygens (including phenoxy) is 1. The fourth-order valence-electron chi connectivity index (χ4n) is 2.19. The summed E-state index contributed by atoms with van der Waals surface area (Å²) in [5.74, 6) is -0.992. The van der Waals surface area contributed by atoms with E-state index in [4.69, 9.17) is 9.15 Å². The van der Waals surface area contributed by atoms with E-state index in [2.05, 4.69) is 0 Å². The van der Waals surface area contributed by atoms with Gasteiger partial charge in [-0.2, -0.15) is 0 Å². The summed E-state index contributed by atoms with van der Waals surface area (Å²) < 4.78 is 37.2. The Morgan fingerprint density at radius 1 is 1.05 bits per heavy atom. The minimum absolute atomic E-state index is 0.0964. The second-order valence-electron chi connectivity index (χ2n) is 4.47. The van der Waals surface area contributed by atoms with Gasteiger partial charge in [-0.3, -0.25) is 4.79 Å². The van der Waals surface area contributed by atoms with Crippen LogP contribution in [0.5, 0.6) is 5.75 Å². The number of hydrogen-bond acceptors (Lipinski definition) is 3. The largest absolute Gasteiger partial charge is 0.496 e. The van der Waals surface area contributed by atoms with Gasteiger partial charge in [-0.1, -0.05) is 6.07 Å². The summed E-state index contributed by atoms with van der Waals surface area (Å²) in [5, 5.41) is 0.292. The van der Waals surface area contributed by atoms with Crippen molar-refractivity contribution < 1.29 is 17.9 Å². The van der Waals surface area contributed by atoms with E-state index in [1.807, 2.05) is 0 Å². The summed E-state index contributed by atoms with van der Waals surface area (Å²) in [5.41, 5.74) is 0.115. The first-order valence-corrected chi connectivity index (χ1v) is 6.16. The van der Waals surface area contributed by atoms with Crippen LogP contribution in [0, 0.1) is 11.6 Å². The fraction of sp³-hybridized carbons (Fsp3) is 0.0625. The average molecular weight is 288 g/mol. The standard InChI is InChI=1S/C16H10F2O3/c1-20-13-3-2-4-14-16(13)12(19)8-15(21-14)9-5-10(17)7-11(18)6-9/h2-8H,1H3. The molecule has 0 fully saturated rings. The molecule has 0 radical (unpaired) electrons. The van der Waals surface area contributed by atoms with E-state index in [9.17, 15) is 13.6 Å². The summed E-state index contributed by atoms with van der Waals surface area (Å²) in [6, 6.07) is 9.06. The molecular weight excluding hydrogens is 278 g/mol. The van der Waals surface area contributed by atoms with Crippen molar-refractivity contribution in [2.24, 2.45) is 0 Å². The van der Waals surface area contributed by atoms with Gasteiger partial charge in [-0.15, -0.1) is 0 Å². The zero-order chi connectivity index (χ0) is 15.0. The first-order chi connectivity index (χ1) is 10.1. The number of fused-ring (bicyclic) bond motifs is 1. The Morgan fingerprint density at radius 3 is 2.43 bits per heavy atom. The van der Waals surface area contributed by atoms with E-state index >= 15 is 0 Å². The lowest BCUT2D eigenvalue weighted by atomic mass is 10.1. The smallest absolute Gasteiger partial charge is 0.197 e. The number of benzene rings is 2. The summed E-state index contributed by atoms with van der Waals surface area (Å²) >= 11 is 0. The maximum Gasteiger partial charge on any atom is 0.197 e. The molecule has 3 nitrogen and oxygen atoms in total. The lowest BCUT2D eigenvalue weighted by Crippen LogP contribution is -2.02. The highest BCUT2D eigenvalue weighted by atomic mass is 19.1. The molecular formula is C16H10F2O3. The van der Waals surface area contributed by atoms with Crippen molar-refractivity contribution in [2.45, 2.75) is 0 Å². The molecule has 0 bridgehead atoms. The molecule has 0 saturated carbocycles. The van der Waals surface area contributed by atoms with E-state index < -0.39 is 11.6 Å². The van der Waals surface area contributed by atoms with Crippen LogP contribution in [0.3, 0.4) is 0 Å². The predicted molar refractivity (Wildman–Crippen MR) is 74.4 cm³/mol. The number of methoxy groups -OCH3 is 1. The minimum Gasteiger partial charge on any atom is -0.496 e. The zero-order valence-electron chi connectivity index (χ0n) is 11.0. The van der Waals surface area contributed by atoms with Crippen molar-refractivity contribution in [2.75, 3.05) is 7.11 Å². The molecule has 1 heterocycles. The highest BCUT2D eigenvalue weighted by Crippen LogP contribution is 2.27. The van der Waals surface area contributed by atoms with Crippen LogP contribution in [0.15, 0.2) is 51.7 Å². The van der Waals surface area contributed by atoms with Crippen LogP contribution in [0.2, 0.25) is 0 Å². The lowest BCUT2D eigenvalue weighted by molar-refractivity contribution is 0.418. The second-order valence-corrected chi connectivity index (χ2v) is 4.47. The number of halogens is 2. The van der Waals surface area contributed by atoms with Gasteiger partial charge in [0.1, 0.15) is 34.1 Å². The second kappa shape index (κ2) is 5.01. The van der Waals surface area contributed by atoms with Gasteiger partial charge in [-0.25, -0.2) is 8.78 Å². The van der Waals surface area contributed by atoms with Crippen molar-refractivity contribution in [3.63, 3.8) is 0 Å². The van der Waals surface area contributed by atoms with Crippen LogP contribution in [0.25, 0.3) is 22.3 Å². The summed E-state index contributed by atoms with van der Waals surface area (Å²) in [7, 11) is 1.45. The van der Waals surface area contributed by atoms with Crippen molar-refractivity contribution in [1.29, 1.82) is 0 Å². The van der Waals surface area contributed by atoms with Crippen LogP contribution in [-0.4, -0.2) is 7.11 Å². The topological polar surface area (TPSA) is 39.4 Å². The quantitative estimate of drug-likeness (QED) is 0.721. The Balaban J connectivity index is 2.28. The van der Waals surface area contributed by atoms with E-state index in [0.717, 1.165) is 18.2 Å². The van der Waals surface area contributed by atoms with E-state index in [1.54, 1.807) is 18.2 Å². The predicted octanol–water partition coefficient (Wildman–Crippen LogP) is 3.75. The normalized spacial score (nSPS) is 10.8. The van der Waals surface area contributed by atoms with Gasteiger partial charge in [0.05, 0.1) is 7.11 Å². The highest BCUT2D eigenvalue weighted by molar-refractivity contribution is 5.84. The van der Waals surface area contributed by atoms with Gasteiger partial charge >= 0.3 is 0 Å². The maximum absolute atomic E-state index is 13.3. The molecule has 0 N–H and O–H groups in total. The maximum atomic E-state index is 13.3. The van der Waals surface area contributed by atoms with Crippen LogP contribution >= 0.6 is 0 Å². The fourth-order valence-corrected chi connectivity index (χ4v) is 2.19. The third-order valence-corrected chi connectivity index (χ3v) is 3.08. The lowest BCUT2D eigenvalue weighted by Gasteiger charge is -2.06. The van der Waals surface area contributed by atoms with Crippen LogP contribution in [0.4, 0.5) is 8.78 Å². The number of rotatable bonds is 2. The third kappa shape index (κ3) is 2.38. The Morgan fingerprint density at radius 2 is 1.76 bits per heavy atom. The Hall–Kier alpha value is -2.69. The molecule has 0 atom stereocenters. The average Bonchev–Trinajstić information content (AvgIpc) is 2.45. The Bertz CT molecular complexity index is 864.